The van der Waals surface area contributed by atoms with Crippen LogP contribution in [0.1, 0.15) is 29.7 Å². The van der Waals surface area contributed by atoms with E-state index >= 15 is 0 Å². The van der Waals surface area contributed by atoms with Gasteiger partial charge >= 0.3 is 4.87 Å². The molecule has 250 valence electrons. The number of nitro benzene ring substituents is 1. The van der Waals surface area contributed by atoms with Gasteiger partial charge < -0.3 is 19.8 Å². The zero-order chi connectivity index (χ0) is 34.0. The number of nitrogens with one attached hydrogen (secondary N) is 2. The summed E-state index contributed by atoms with van der Waals surface area (Å²) in [5.41, 5.74) is 1.77. The number of rotatable bonds is 9. The molecule has 4 aromatic rings. The van der Waals surface area contributed by atoms with E-state index < -0.39 is 16.8 Å². The van der Waals surface area contributed by atoms with Gasteiger partial charge in [-0.25, -0.2) is 0 Å². The van der Waals surface area contributed by atoms with Gasteiger partial charge in [-0.3, -0.25) is 34.2 Å². The van der Waals surface area contributed by atoms with E-state index in [1.54, 1.807) is 30.0 Å². The quantitative estimate of drug-likeness (QED) is 0.132. The summed E-state index contributed by atoms with van der Waals surface area (Å²) in [5.74, 6) is -1.50. The average molecular weight is 699 g/mol. The number of hydrogen-bond acceptors (Lipinski definition) is 10. The van der Waals surface area contributed by atoms with Crippen LogP contribution in [0, 0.1) is 39.7 Å². The highest BCUT2D eigenvalue weighted by Gasteiger charge is 2.69. The molecule has 0 radical (unpaired) electrons. The van der Waals surface area contributed by atoms with Crippen LogP contribution in [0.25, 0.3) is 0 Å². The van der Waals surface area contributed by atoms with Crippen LogP contribution in [0.3, 0.4) is 0 Å². The molecule has 3 heterocycles. The normalized spacial score (nSPS) is 26.2. The number of nitrogens with zero attached hydrogens (tertiary/aromatic N) is 2. The number of thiazole rings is 1. The molecule has 1 saturated heterocycles. The van der Waals surface area contributed by atoms with E-state index in [-0.39, 0.29) is 63.8 Å². The van der Waals surface area contributed by atoms with Crippen LogP contribution in [0.15, 0.2) is 82.6 Å². The molecule has 12 nitrogen and oxygen atoms in total. The van der Waals surface area contributed by atoms with E-state index in [4.69, 9.17) is 9.47 Å². The number of para-hydroxylation sites is 1. The molecule has 2 N–H and O–H groups in total. The van der Waals surface area contributed by atoms with Crippen molar-refractivity contribution in [2.45, 2.75) is 29.5 Å². The number of aromatic nitrogens is 1. The molecule has 8 rings (SSSR count). The molecule has 0 spiro atoms. The predicted octanol–water partition coefficient (Wildman–Crippen LogP) is 5.44. The van der Waals surface area contributed by atoms with Crippen molar-refractivity contribution in [3.05, 3.63) is 103 Å². The molecule has 7 atom stereocenters. The van der Waals surface area contributed by atoms with Gasteiger partial charge in [-0.15, -0.1) is 11.8 Å². The summed E-state index contributed by atoms with van der Waals surface area (Å²) in [6.45, 7) is 1.99. The van der Waals surface area contributed by atoms with Gasteiger partial charge in [0.2, 0.25) is 11.8 Å². The molecule has 3 fully saturated rings. The highest BCUT2D eigenvalue weighted by Crippen LogP contribution is 2.68. The summed E-state index contributed by atoms with van der Waals surface area (Å²) < 4.78 is 11.9. The van der Waals surface area contributed by atoms with Crippen molar-refractivity contribution in [2.24, 2.45) is 29.6 Å². The van der Waals surface area contributed by atoms with Gasteiger partial charge in [-0.1, -0.05) is 35.6 Å². The Morgan fingerprint density at radius 1 is 0.980 bits per heavy atom. The fourth-order valence-corrected chi connectivity index (χ4v) is 11.2. The van der Waals surface area contributed by atoms with Crippen LogP contribution < -0.4 is 24.6 Å². The third kappa shape index (κ3) is 5.21. The first-order valence-electron chi connectivity index (χ1n) is 16.0. The number of aromatic amines is 1. The van der Waals surface area contributed by atoms with E-state index in [1.807, 2.05) is 37.3 Å². The highest BCUT2D eigenvalue weighted by atomic mass is 32.2. The Hall–Kier alpha value is -4.95. The van der Waals surface area contributed by atoms with Gasteiger partial charge in [-0.2, -0.15) is 0 Å². The van der Waals surface area contributed by atoms with Crippen molar-refractivity contribution < 1.29 is 28.8 Å². The molecular formula is C35H30N4O8S2. The van der Waals surface area contributed by atoms with Crippen LogP contribution in [-0.4, -0.2) is 46.1 Å². The number of carbonyl (C=O) groups excluding carboxylic acids is 3. The number of ether oxygens (including phenoxy) is 2. The van der Waals surface area contributed by atoms with E-state index in [0.29, 0.717) is 29.5 Å². The molecule has 3 aromatic carbocycles. The molecule has 49 heavy (non-hydrogen) atoms. The lowest BCUT2D eigenvalue weighted by Gasteiger charge is -2.43. The van der Waals surface area contributed by atoms with Crippen molar-refractivity contribution in [3.8, 4) is 11.5 Å². The van der Waals surface area contributed by atoms with Gasteiger partial charge in [0.25, 0.3) is 11.6 Å². The van der Waals surface area contributed by atoms with Crippen molar-refractivity contribution in [2.75, 3.05) is 23.4 Å². The lowest BCUT2D eigenvalue weighted by molar-refractivity contribution is -0.384. The number of amides is 3. The number of anilines is 2. The molecule has 3 amide bonds. The monoisotopic (exact) mass is 698 g/mol. The van der Waals surface area contributed by atoms with E-state index in [0.717, 1.165) is 33.2 Å². The summed E-state index contributed by atoms with van der Waals surface area (Å²) in [6.07, 6.45) is 0.717. The fraction of sp³-hybridized carbons (Fsp3) is 0.314. The van der Waals surface area contributed by atoms with Crippen LogP contribution in [-0.2, 0) is 14.4 Å². The Morgan fingerprint density at radius 3 is 2.43 bits per heavy atom. The number of fused-ring (bicyclic) bond motifs is 9. The third-order valence-electron chi connectivity index (χ3n) is 10.1. The van der Waals surface area contributed by atoms with E-state index in [9.17, 15) is 29.3 Å². The Labute approximate surface area is 288 Å². The van der Waals surface area contributed by atoms with Crippen molar-refractivity contribution in [1.29, 1.82) is 0 Å². The summed E-state index contributed by atoms with van der Waals surface area (Å²) in [6, 6.07) is 20.2. The topological polar surface area (TPSA) is 161 Å². The summed E-state index contributed by atoms with van der Waals surface area (Å²) in [5, 5.41) is 14.8. The molecule has 2 bridgehead atoms. The van der Waals surface area contributed by atoms with Crippen LogP contribution >= 0.6 is 23.1 Å². The zero-order valence-electron chi connectivity index (χ0n) is 26.1. The third-order valence-corrected chi connectivity index (χ3v) is 12.7. The lowest BCUT2D eigenvalue weighted by atomic mass is 9.68. The minimum absolute atomic E-state index is 0.0179. The first-order valence-corrected chi connectivity index (χ1v) is 17.7. The smallest absolute Gasteiger partial charge is 0.305 e. The maximum absolute atomic E-state index is 14.0. The van der Waals surface area contributed by atoms with E-state index in [2.05, 4.69) is 10.3 Å². The van der Waals surface area contributed by atoms with Gasteiger partial charge in [0.05, 0.1) is 34.1 Å². The van der Waals surface area contributed by atoms with Crippen LogP contribution in [0.4, 0.5) is 17.1 Å². The maximum atomic E-state index is 14.0. The minimum Gasteiger partial charge on any atom is -0.490 e. The number of H-pyrrole nitrogens is 1. The molecule has 14 heteroatoms. The Kier molecular flexibility index (Phi) is 7.79. The number of non-ortho nitro benzene ring substituents is 1. The van der Waals surface area contributed by atoms with Crippen LogP contribution in [0.2, 0.25) is 0 Å². The number of carbonyl (C=O) groups is 3. The summed E-state index contributed by atoms with van der Waals surface area (Å²) >= 11 is 2.75. The van der Waals surface area contributed by atoms with Gasteiger partial charge in [0.15, 0.2) is 18.1 Å². The number of nitro groups is 1. The SMILES string of the molecule is CCOc1cc([C@H]2c3sc(=O)[nH]c3SC3C4CC(C5C(=O)N(c6ccc([N+](=O)[O-])cc6)C(=O)C45)C32)ccc1OCC(=O)Nc1ccccc1. The number of hydrogen-bond donors (Lipinski definition) is 2. The van der Waals surface area contributed by atoms with Crippen LogP contribution in [0.5, 0.6) is 11.5 Å². The first-order chi connectivity index (χ1) is 23.7. The largest absolute Gasteiger partial charge is 0.490 e. The highest BCUT2D eigenvalue weighted by molar-refractivity contribution is 8.00. The molecule has 2 saturated carbocycles. The predicted molar refractivity (Wildman–Crippen MR) is 182 cm³/mol. The number of benzene rings is 3. The maximum Gasteiger partial charge on any atom is 0.305 e. The second-order valence-electron chi connectivity index (χ2n) is 12.6. The van der Waals surface area contributed by atoms with E-state index in [1.165, 1.54) is 29.2 Å². The lowest BCUT2D eigenvalue weighted by Crippen LogP contribution is -2.42. The number of thioether (sulfide) groups is 1. The van der Waals surface area contributed by atoms with Crippen molar-refractivity contribution in [1.82, 2.24) is 4.98 Å². The molecular weight excluding hydrogens is 669 g/mol. The second kappa shape index (κ2) is 12.2. The van der Waals surface area contributed by atoms with Crippen molar-refractivity contribution in [3.63, 3.8) is 0 Å². The van der Waals surface area contributed by atoms with Crippen molar-refractivity contribution >= 4 is 57.9 Å². The summed E-state index contributed by atoms with van der Waals surface area (Å²) in [7, 11) is 0. The Bertz CT molecular complexity index is 2050. The van der Waals surface area contributed by atoms with Gasteiger partial charge in [0.1, 0.15) is 0 Å². The second-order valence-corrected chi connectivity index (χ2v) is 14.8. The fourth-order valence-electron chi connectivity index (χ4n) is 8.34. The molecule has 1 aromatic heterocycles. The Morgan fingerprint density at radius 2 is 1.71 bits per heavy atom. The molecule has 2 aliphatic carbocycles. The zero-order valence-corrected chi connectivity index (χ0v) is 27.7. The minimum atomic E-state index is -0.522. The average Bonchev–Trinajstić information content (AvgIpc) is 3.83. The number of imide groups is 1. The van der Waals surface area contributed by atoms with Gasteiger partial charge in [0, 0.05) is 33.9 Å². The molecule has 4 aliphatic rings. The van der Waals surface area contributed by atoms with Gasteiger partial charge in [-0.05, 0) is 73.1 Å². The standard InChI is InChI=1S/C35H30N4O8S2/c1-2-46-24-14-17(8-13-23(24)47-16-25(40)36-18-6-4-3-5-7-18)26-27-21-15-22(30(27)48-32-31(26)49-35(43)37-32)29-28(21)33(41)38(34(29)42)19-9-11-20(12-10-19)39(44)45/h3-14,21-22,26-30H,2,15-16H2,1H3,(H,36,40)(H,37,43)/t21?,22?,26-,27?,28?,29?,30?/m1/s1. The molecule has 6 unspecified atom stereocenters. The molecule has 2 aliphatic heterocycles. The first kappa shape index (κ1) is 31.3. The Balaban J connectivity index is 1.10. The summed E-state index contributed by atoms with van der Waals surface area (Å²) in [4.78, 5) is 68.9.